The molecule has 0 radical (unpaired) electrons. The van der Waals surface area contributed by atoms with Crippen LogP contribution in [0, 0.1) is 5.82 Å². The Morgan fingerprint density at radius 3 is 2.41 bits per heavy atom. The number of carbonyl (C=O) groups is 3. The molecule has 2 rings (SSSR count). The molecule has 0 fully saturated rings. The van der Waals surface area contributed by atoms with E-state index in [1.165, 1.54) is 35.2 Å². The van der Waals surface area contributed by atoms with Crippen molar-refractivity contribution in [2.24, 2.45) is 0 Å². The predicted molar refractivity (Wildman–Crippen MR) is 96.3 cm³/mol. The smallest absolute Gasteiger partial charge is 0.269 e. The fourth-order valence-electron chi connectivity index (χ4n) is 2.03. The van der Waals surface area contributed by atoms with Crippen LogP contribution in [-0.2, 0) is 16.0 Å². The highest BCUT2D eigenvalue weighted by Gasteiger charge is 2.10. The number of hydrogen-bond donors (Lipinski definition) is 2. The van der Waals surface area contributed by atoms with Gasteiger partial charge in [0.15, 0.2) is 6.61 Å². The van der Waals surface area contributed by atoms with Gasteiger partial charge in [-0.1, -0.05) is 18.2 Å². The standard InChI is InChI=1S/C19H20FN3O4/c1-23(2)18(25)12-27-16-5-3-4-14(11-16)19(26)22-21-17(24)10-13-6-8-15(20)9-7-13/h3-9,11H,10,12H2,1-2H3,(H,21,24)(H,22,26). The summed E-state index contributed by atoms with van der Waals surface area (Å²) in [4.78, 5) is 36.9. The number of carbonyl (C=O) groups excluding carboxylic acids is 3. The minimum atomic E-state index is -0.535. The van der Waals surface area contributed by atoms with Gasteiger partial charge in [0.1, 0.15) is 11.6 Å². The Morgan fingerprint density at radius 2 is 1.74 bits per heavy atom. The highest BCUT2D eigenvalue weighted by Crippen LogP contribution is 2.13. The molecule has 8 heteroatoms. The number of ether oxygens (including phenoxy) is 1. The highest BCUT2D eigenvalue weighted by atomic mass is 19.1. The second-order valence-corrected chi connectivity index (χ2v) is 5.91. The molecule has 0 bridgehead atoms. The van der Waals surface area contributed by atoms with Crippen LogP contribution in [0.4, 0.5) is 4.39 Å². The lowest BCUT2D eigenvalue weighted by molar-refractivity contribution is -0.130. The van der Waals surface area contributed by atoms with Crippen molar-refractivity contribution in [2.45, 2.75) is 6.42 Å². The van der Waals surface area contributed by atoms with Gasteiger partial charge in [0, 0.05) is 19.7 Å². The van der Waals surface area contributed by atoms with E-state index >= 15 is 0 Å². The Kier molecular flexibility index (Phi) is 6.87. The summed E-state index contributed by atoms with van der Waals surface area (Å²) in [7, 11) is 3.23. The lowest BCUT2D eigenvalue weighted by Gasteiger charge is -2.12. The first-order valence-electron chi connectivity index (χ1n) is 8.12. The van der Waals surface area contributed by atoms with E-state index in [1.54, 1.807) is 32.3 Å². The first kappa shape index (κ1) is 19.9. The molecule has 3 amide bonds. The topological polar surface area (TPSA) is 87.7 Å². The van der Waals surface area contributed by atoms with E-state index in [-0.39, 0.29) is 30.3 Å². The first-order chi connectivity index (χ1) is 12.8. The Bertz CT molecular complexity index is 822. The fraction of sp³-hybridized carbons (Fsp3) is 0.211. The van der Waals surface area contributed by atoms with Crippen molar-refractivity contribution in [1.29, 1.82) is 0 Å². The minimum absolute atomic E-state index is 0.00361. The molecular formula is C19H20FN3O4. The molecule has 2 aromatic rings. The van der Waals surface area contributed by atoms with Gasteiger partial charge < -0.3 is 9.64 Å². The zero-order valence-electron chi connectivity index (χ0n) is 15.0. The first-order valence-corrected chi connectivity index (χ1v) is 8.12. The SMILES string of the molecule is CN(C)C(=O)COc1cccc(C(=O)NNC(=O)Cc2ccc(F)cc2)c1. The average Bonchev–Trinajstić information content (AvgIpc) is 2.66. The molecule has 142 valence electrons. The van der Waals surface area contributed by atoms with Crippen LogP contribution in [0.15, 0.2) is 48.5 Å². The van der Waals surface area contributed by atoms with E-state index in [0.29, 0.717) is 11.3 Å². The third kappa shape index (κ3) is 6.43. The van der Waals surface area contributed by atoms with Crippen LogP contribution < -0.4 is 15.6 Å². The molecule has 0 aliphatic carbocycles. The average molecular weight is 373 g/mol. The normalized spacial score (nSPS) is 10.0. The van der Waals surface area contributed by atoms with Crippen molar-refractivity contribution in [3.63, 3.8) is 0 Å². The van der Waals surface area contributed by atoms with Crippen molar-refractivity contribution in [3.8, 4) is 5.75 Å². The molecule has 7 nitrogen and oxygen atoms in total. The number of nitrogens with zero attached hydrogens (tertiary/aromatic N) is 1. The summed E-state index contributed by atoms with van der Waals surface area (Å²) in [5.74, 6) is -1.22. The van der Waals surface area contributed by atoms with E-state index < -0.39 is 11.8 Å². The molecule has 0 atom stereocenters. The van der Waals surface area contributed by atoms with E-state index in [9.17, 15) is 18.8 Å². The van der Waals surface area contributed by atoms with Crippen LogP contribution in [0.5, 0.6) is 5.75 Å². The largest absolute Gasteiger partial charge is 0.484 e. The van der Waals surface area contributed by atoms with Gasteiger partial charge in [0.25, 0.3) is 11.8 Å². The summed E-state index contributed by atoms with van der Waals surface area (Å²) in [6.45, 7) is -0.146. The van der Waals surface area contributed by atoms with E-state index in [2.05, 4.69) is 10.9 Å². The van der Waals surface area contributed by atoms with Crippen LogP contribution in [0.2, 0.25) is 0 Å². The van der Waals surface area contributed by atoms with Crippen LogP contribution in [-0.4, -0.2) is 43.3 Å². The second-order valence-electron chi connectivity index (χ2n) is 5.91. The van der Waals surface area contributed by atoms with Gasteiger partial charge in [0.05, 0.1) is 6.42 Å². The molecule has 0 unspecified atom stereocenters. The number of rotatable bonds is 6. The summed E-state index contributed by atoms with van der Waals surface area (Å²) < 4.78 is 18.2. The van der Waals surface area contributed by atoms with E-state index in [0.717, 1.165) is 0 Å². The Labute approximate surface area is 156 Å². The lowest BCUT2D eigenvalue weighted by atomic mass is 10.1. The number of likely N-dealkylation sites (N-methyl/N-ethyl adjacent to an activating group) is 1. The van der Waals surface area contributed by atoms with Crippen molar-refractivity contribution in [2.75, 3.05) is 20.7 Å². The summed E-state index contributed by atoms with van der Waals surface area (Å²) >= 11 is 0. The molecule has 0 aliphatic heterocycles. The molecule has 0 saturated heterocycles. The molecule has 0 aromatic heterocycles. The maximum atomic E-state index is 12.8. The minimum Gasteiger partial charge on any atom is -0.484 e. The number of benzene rings is 2. The summed E-state index contributed by atoms with van der Waals surface area (Å²) in [5, 5.41) is 0. The molecule has 27 heavy (non-hydrogen) atoms. The fourth-order valence-corrected chi connectivity index (χ4v) is 2.03. The van der Waals surface area contributed by atoms with Gasteiger partial charge in [-0.25, -0.2) is 4.39 Å². The van der Waals surface area contributed by atoms with Gasteiger partial charge in [-0.05, 0) is 35.9 Å². The molecule has 2 N–H and O–H groups in total. The molecule has 0 aliphatic rings. The molecule has 0 saturated carbocycles. The van der Waals surface area contributed by atoms with Crippen molar-refractivity contribution >= 4 is 17.7 Å². The van der Waals surface area contributed by atoms with E-state index in [4.69, 9.17) is 4.74 Å². The number of amides is 3. The maximum absolute atomic E-state index is 12.8. The van der Waals surface area contributed by atoms with Gasteiger partial charge in [0.2, 0.25) is 5.91 Å². The highest BCUT2D eigenvalue weighted by molar-refractivity contribution is 5.95. The van der Waals surface area contributed by atoms with Crippen molar-refractivity contribution in [1.82, 2.24) is 15.8 Å². The lowest BCUT2D eigenvalue weighted by Crippen LogP contribution is -2.42. The molecule has 0 heterocycles. The number of halogens is 1. The van der Waals surface area contributed by atoms with E-state index in [1.807, 2.05) is 0 Å². The number of hydrogen-bond acceptors (Lipinski definition) is 4. The summed E-state index contributed by atoms with van der Waals surface area (Å²) in [6, 6.07) is 11.7. The quantitative estimate of drug-likeness (QED) is 0.747. The Morgan fingerprint density at radius 1 is 1.04 bits per heavy atom. The van der Waals surface area contributed by atoms with Crippen molar-refractivity contribution in [3.05, 3.63) is 65.5 Å². The van der Waals surface area contributed by atoms with Crippen molar-refractivity contribution < 1.29 is 23.5 Å². The van der Waals surface area contributed by atoms with Crippen LogP contribution in [0.25, 0.3) is 0 Å². The van der Waals surface area contributed by atoms with Gasteiger partial charge >= 0.3 is 0 Å². The third-order valence-electron chi connectivity index (χ3n) is 3.55. The summed E-state index contributed by atoms with van der Waals surface area (Å²) in [5.41, 5.74) is 5.46. The van der Waals surface area contributed by atoms with Crippen LogP contribution in [0.1, 0.15) is 15.9 Å². The van der Waals surface area contributed by atoms with Gasteiger partial charge in [-0.15, -0.1) is 0 Å². The molecular weight excluding hydrogens is 353 g/mol. The molecule has 0 spiro atoms. The third-order valence-corrected chi connectivity index (χ3v) is 3.55. The zero-order chi connectivity index (χ0) is 19.8. The Hall–Kier alpha value is -3.42. The summed E-state index contributed by atoms with van der Waals surface area (Å²) in [6.07, 6.45) is -0.00361. The maximum Gasteiger partial charge on any atom is 0.269 e. The predicted octanol–water partition coefficient (Wildman–Crippen LogP) is 1.30. The van der Waals surface area contributed by atoms with Gasteiger partial charge in [-0.2, -0.15) is 0 Å². The number of hydrazine groups is 1. The van der Waals surface area contributed by atoms with Crippen LogP contribution >= 0.6 is 0 Å². The number of nitrogens with one attached hydrogen (secondary N) is 2. The van der Waals surface area contributed by atoms with Gasteiger partial charge in [-0.3, -0.25) is 25.2 Å². The Balaban J connectivity index is 1.86. The molecule has 2 aromatic carbocycles. The monoisotopic (exact) mass is 373 g/mol. The zero-order valence-corrected chi connectivity index (χ0v) is 15.0. The van der Waals surface area contributed by atoms with Crippen LogP contribution in [0.3, 0.4) is 0 Å². The second kappa shape index (κ2) is 9.33.